The van der Waals surface area contributed by atoms with Gasteiger partial charge in [0, 0.05) is 43.3 Å². The molecule has 0 aliphatic rings. The van der Waals surface area contributed by atoms with Crippen LogP contribution in [0.25, 0.3) is 105 Å². The zero-order valence-electron chi connectivity index (χ0n) is 24.9. The molecule has 0 amide bonds. The topological polar surface area (TPSA) is 57.0 Å². The molecule has 0 N–H and O–H groups in total. The van der Waals surface area contributed by atoms with Crippen molar-refractivity contribution in [1.29, 1.82) is 0 Å². The highest BCUT2D eigenvalue weighted by Gasteiger charge is 2.24. The second kappa shape index (κ2) is 9.05. The Hall–Kier alpha value is -6.46. The van der Waals surface area contributed by atoms with Crippen LogP contribution in [0.4, 0.5) is 0 Å². The Morgan fingerprint density at radius 1 is 0.447 bits per heavy atom. The maximum Gasteiger partial charge on any atom is 0.235 e. The summed E-state index contributed by atoms with van der Waals surface area (Å²) < 4.78 is 15.2. The molecule has 0 saturated carbocycles. The first-order valence-corrected chi connectivity index (χ1v) is 15.8. The smallest absolute Gasteiger partial charge is 0.235 e. The van der Waals surface area contributed by atoms with Gasteiger partial charge in [0.05, 0.1) is 16.7 Å². The summed E-state index contributed by atoms with van der Waals surface area (Å²) in [6, 6.07) is 48.2. The first kappa shape index (κ1) is 24.8. The van der Waals surface area contributed by atoms with Gasteiger partial charge in [-0.05, 0) is 47.2 Å². The maximum atomic E-state index is 6.76. The molecule has 0 spiro atoms. The largest absolute Gasteiger partial charge is 0.456 e. The summed E-state index contributed by atoms with van der Waals surface area (Å²) in [5.41, 5.74) is 8.07. The zero-order valence-corrected chi connectivity index (χ0v) is 24.9. The fraction of sp³-hybridized carbons (Fsp3) is 0. The lowest BCUT2D eigenvalue weighted by atomic mass is 9.99. The Balaban J connectivity index is 1.30. The number of hydrogen-bond donors (Lipinski definition) is 0. The second-order valence-corrected chi connectivity index (χ2v) is 12.1. The molecule has 4 aromatic heterocycles. The van der Waals surface area contributed by atoms with Gasteiger partial charge in [-0.2, -0.15) is 0 Å². The van der Waals surface area contributed by atoms with Crippen LogP contribution in [-0.4, -0.2) is 14.5 Å². The third kappa shape index (κ3) is 3.32. The van der Waals surface area contributed by atoms with Crippen molar-refractivity contribution < 1.29 is 8.83 Å². The molecule has 0 unspecified atom stereocenters. The minimum absolute atomic E-state index is 0.589. The van der Waals surface area contributed by atoms with E-state index in [0.29, 0.717) is 5.95 Å². The number of benzene rings is 7. The van der Waals surface area contributed by atoms with Crippen molar-refractivity contribution in [3.8, 4) is 17.2 Å². The van der Waals surface area contributed by atoms with Crippen molar-refractivity contribution in [2.75, 3.05) is 0 Å². The van der Waals surface area contributed by atoms with Crippen LogP contribution in [0.3, 0.4) is 0 Å². The Bertz CT molecular complexity index is 3090. The molecule has 5 heteroatoms. The third-order valence-electron chi connectivity index (χ3n) is 9.59. The van der Waals surface area contributed by atoms with Crippen molar-refractivity contribution in [1.82, 2.24) is 14.5 Å². The van der Waals surface area contributed by atoms with Crippen LogP contribution < -0.4 is 0 Å². The van der Waals surface area contributed by atoms with E-state index in [1.54, 1.807) is 0 Å². The molecule has 4 heterocycles. The summed E-state index contributed by atoms with van der Waals surface area (Å²) in [5, 5.41) is 9.97. The molecule has 0 fully saturated rings. The van der Waals surface area contributed by atoms with Crippen molar-refractivity contribution in [3.05, 3.63) is 140 Å². The van der Waals surface area contributed by atoms with Gasteiger partial charge in [0.25, 0.3) is 0 Å². The standard InChI is InChI=1S/C42H23N3O2/c1-2-13-28-27(12-1)37-30-15-4-8-18-33(30)45(40(37)41-38(28)31-16-6-10-20-35(31)47-41)42-43-32-17-7-3-14-29(32)39(44-42)24-21-22-26-25-11-5-9-19-34(25)46-36(26)23-24/h1-23H. The minimum Gasteiger partial charge on any atom is -0.456 e. The van der Waals surface area contributed by atoms with Gasteiger partial charge in [0.15, 0.2) is 5.58 Å². The summed E-state index contributed by atoms with van der Waals surface area (Å²) >= 11 is 0. The molecular weight excluding hydrogens is 578 g/mol. The molecule has 11 rings (SSSR count). The predicted octanol–water partition coefficient (Wildman–Crippen LogP) is 11.3. The summed E-state index contributed by atoms with van der Waals surface area (Å²) in [6.45, 7) is 0. The summed E-state index contributed by atoms with van der Waals surface area (Å²) in [6.07, 6.45) is 0. The van der Waals surface area contributed by atoms with Gasteiger partial charge in [-0.3, -0.25) is 4.57 Å². The molecule has 47 heavy (non-hydrogen) atoms. The fourth-order valence-electron chi connectivity index (χ4n) is 7.59. The van der Waals surface area contributed by atoms with E-state index in [4.69, 9.17) is 18.8 Å². The van der Waals surface area contributed by atoms with E-state index in [1.165, 1.54) is 10.8 Å². The molecule has 0 aliphatic heterocycles. The van der Waals surface area contributed by atoms with E-state index in [2.05, 4.69) is 102 Å². The average Bonchev–Trinajstić information content (AvgIpc) is 3.81. The molecule has 218 valence electrons. The summed E-state index contributed by atoms with van der Waals surface area (Å²) in [5.74, 6) is 0.589. The first-order chi connectivity index (χ1) is 23.3. The molecule has 0 bridgehead atoms. The Kier molecular flexibility index (Phi) is 4.78. The van der Waals surface area contributed by atoms with Crippen LogP contribution >= 0.6 is 0 Å². The normalized spacial score (nSPS) is 12.3. The van der Waals surface area contributed by atoms with Crippen LogP contribution in [0.2, 0.25) is 0 Å². The van der Waals surface area contributed by atoms with Gasteiger partial charge in [0.2, 0.25) is 5.95 Å². The van der Waals surface area contributed by atoms with E-state index < -0.39 is 0 Å². The molecule has 7 aromatic carbocycles. The maximum absolute atomic E-state index is 6.76. The lowest BCUT2D eigenvalue weighted by Crippen LogP contribution is -2.03. The highest BCUT2D eigenvalue weighted by Crippen LogP contribution is 2.45. The van der Waals surface area contributed by atoms with E-state index >= 15 is 0 Å². The van der Waals surface area contributed by atoms with E-state index in [0.717, 1.165) is 87.8 Å². The van der Waals surface area contributed by atoms with E-state index in [1.807, 2.05) is 42.5 Å². The third-order valence-corrected chi connectivity index (χ3v) is 9.59. The average molecular weight is 602 g/mol. The summed E-state index contributed by atoms with van der Waals surface area (Å²) in [7, 11) is 0. The highest BCUT2D eigenvalue weighted by molar-refractivity contribution is 6.35. The quantitative estimate of drug-likeness (QED) is 0.198. The van der Waals surface area contributed by atoms with Crippen molar-refractivity contribution >= 4 is 87.4 Å². The number of rotatable bonds is 2. The van der Waals surface area contributed by atoms with Gasteiger partial charge in [-0.15, -0.1) is 0 Å². The van der Waals surface area contributed by atoms with Gasteiger partial charge >= 0.3 is 0 Å². The van der Waals surface area contributed by atoms with Gasteiger partial charge < -0.3 is 8.83 Å². The molecular formula is C42H23N3O2. The monoisotopic (exact) mass is 601 g/mol. The van der Waals surface area contributed by atoms with Crippen molar-refractivity contribution in [3.63, 3.8) is 0 Å². The van der Waals surface area contributed by atoms with Crippen LogP contribution in [0, 0.1) is 0 Å². The lowest BCUT2D eigenvalue weighted by Gasteiger charge is -2.12. The number of aromatic nitrogens is 3. The first-order valence-electron chi connectivity index (χ1n) is 15.8. The minimum atomic E-state index is 0.589. The highest BCUT2D eigenvalue weighted by atomic mass is 16.3. The van der Waals surface area contributed by atoms with Crippen molar-refractivity contribution in [2.24, 2.45) is 0 Å². The predicted molar refractivity (Wildman–Crippen MR) is 191 cm³/mol. The van der Waals surface area contributed by atoms with Crippen LogP contribution in [-0.2, 0) is 0 Å². The van der Waals surface area contributed by atoms with Gasteiger partial charge in [0.1, 0.15) is 22.3 Å². The van der Waals surface area contributed by atoms with Gasteiger partial charge in [-0.1, -0.05) is 103 Å². The zero-order chi connectivity index (χ0) is 30.6. The molecule has 0 aliphatic carbocycles. The van der Waals surface area contributed by atoms with E-state index in [9.17, 15) is 0 Å². The second-order valence-electron chi connectivity index (χ2n) is 12.1. The molecule has 0 atom stereocenters. The number of furan rings is 2. The van der Waals surface area contributed by atoms with E-state index in [-0.39, 0.29) is 0 Å². The number of hydrogen-bond acceptors (Lipinski definition) is 4. The summed E-state index contributed by atoms with van der Waals surface area (Å²) in [4.78, 5) is 10.6. The molecule has 0 saturated heterocycles. The lowest BCUT2D eigenvalue weighted by molar-refractivity contribution is 0.669. The Morgan fingerprint density at radius 2 is 1.06 bits per heavy atom. The Morgan fingerprint density at radius 3 is 1.89 bits per heavy atom. The fourth-order valence-corrected chi connectivity index (χ4v) is 7.59. The van der Waals surface area contributed by atoms with Gasteiger partial charge in [-0.25, -0.2) is 9.97 Å². The van der Waals surface area contributed by atoms with Crippen LogP contribution in [0.15, 0.2) is 148 Å². The Labute approximate surface area is 266 Å². The molecule has 5 nitrogen and oxygen atoms in total. The molecule has 0 radical (unpaired) electrons. The number of para-hydroxylation sites is 4. The van der Waals surface area contributed by atoms with Crippen molar-refractivity contribution in [2.45, 2.75) is 0 Å². The number of fused-ring (bicyclic) bond motifs is 14. The number of nitrogens with zero attached hydrogens (tertiary/aromatic N) is 3. The van der Waals surface area contributed by atoms with Crippen LogP contribution in [0.5, 0.6) is 0 Å². The molecule has 11 aromatic rings. The SMILES string of the molecule is c1ccc2c(-c3ccc4c(c3)oc3ccccc34)nc(-n3c4ccccc4c4c5ccccc5c5c6ccccc6oc5c43)nc2c1. The van der Waals surface area contributed by atoms with Crippen LogP contribution in [0.1, 0.15) is 0 Å².